The number of rotatable bonds is 5. The summed E-state index contributed by atoms with van der Waals surface area (Å²) in [5, 5.41) is 3.26. The van der Waals surface area contributed by atoms with Gasteiger partial charge < -0.3 is 21.7 Å². The average molecular weight is 236 g/mol. The zero-order chi connectivity index (χ0) is 13.0. The molecule has 5 N–H and O–H groups in total. The summed E-state index contributed by atoms with van der Waals surface area (Å²) >= 11 is 0. The van der Waals surface area contributed by atoms with Crippen molar-refractivity contribution in [2.24, 2.45) is 5.73 Å². The molecule has 1 atom stereocenters. The van der Waals surface area contributed by atoms with Gasteiger partial charge in [0, 0.05) is 12.6 Å². The smallest absolute Gasteiger partial charge is 0.250 e. The van der Waals surface area contributed by atoms with E-state index >= 15 is 0 Å². The number of nitrogens with zero attached hydrogens (tertiary/aromatic N) is 1. The molecule has 1 amide bonds. The summed E-state index contributed by atoms with van der Waals surface area (Å²) < 4.78 is 0. The number of hydrogen-bond donors (Lipinski definition) is 3. The fourth-order valence-corrected chi connectivity index (χ4v) is 1.76. The van der Waals surface area contributed by atoms with Crippen molar-refractivity contribution >= 4 is 17.3 Å². The Morgan fingerprint density at radius 2 is 2.12 bits per heavy atom. The van der Waals surface area contributed by atoms with Crippen LogP contribution in [0, 0.1) is 0 Å². The average Bonchev–Trinajstić information content (AvgIpc) is 2.19. The summed E-state index contributed by atoms with van der Waals surface area (Å²) in [7, 11) is 4.00. The van der Waals surface area contributed by atoms with E-state index in [1.807, 2.05) is 20.2 Å². The number of likely N-dealkylation sites (N-methyl/N-ethyl adjacent to an activating group) is 1. The van der Waals surface area contributed by atoms with Crippen LogP contribution in [0.5, 0.6) is 0 Å². The molecule has 0 saturated carbocycles. The Bertz CT molecular complexity index is 403. The van der Waals surface area contributed by atoms with E-state index in [2.05, 4.69) is 17.1 Å². The quantitative estimate of drug-likeness (QED) is 0.658. The number of carbonyl (C=O) groups is 1. The Balaban J connectivity index is 2.85. The van der Waals surface area contributed by atoms with Crippen molar-refractivity contribution in [3.63, 3.8) is 0 Å². The van der Waals surface area contributed by atoms with Crippen molar-refractivity contribution < 1.29 is 4.79 Å². The first-order valence-electron chi connectivity index (χ1n) is 5.51. The summed E-state index contributed by atoms with van der Waals surface area (Å²) in [5.74, 6) is -0.508. The minimum absolute atomic E-state index is 0.232. The highest BCUT2D eigenvalue weighted by molar-refractivity contribution is 6.00. The van der Waals surface area contributed by atoms with Gasteiger partial charge in [0.2, 0.25) is 0 Å². The van der Waals surface area contributed by atoms with Crippen molar-refractivity contribution in [2.75, 3.05) is 31.7 Å². The van der Waals surface area contributed by atoms with Gasteiger partial charge in [0.1, 0.15) is 0 Å². The lowest BCUT2D eigenvalue weighted by Gasteiger charge is -2.20. The largest absolute Gasteiger partial charge is 0.396 e. The number of carbonyl (C=O) groups excluding carboxylic acids is 1. The molecule has 1 aromatic carbocycles. The molecule has 1 unspecified atom stereocenters. The Morgan fingerprint density at radius 1 is 1.47 bits per heavy atom. The highest BCUT2D eigenvalue weighted by Crippen LogP contribution is 2.23. The highest BCUT2D eigenvalue weighted by Gasteiger charge is 2.11. The molecule has 0 aliphatic heterocycles. The van der Waals surface area contributed by atoms with Crippen molar-refractivity contribution in [1.82, 2.24) is 4.90 Å². The number of primary amides is 1. The number of amides is 1. The molecular formula is C12H20N4O. The normalized spacial score (nSPS) is 12.5. The third kappa shape index (κ3) is 3.64. The summed E-state index contributed by atoms with van der Waals surface area (Å²) in [6.07, 6.45) is 0. The van der Waals surface area contributed by atoms with Gasteiger partial charge in [-0.15, -0.1) is 0 Å². The Morgan fingerprint density at radius 3 is 2.65 bits per heavy atom. The van der Waals surface area contributed by atoms with Crippen LogP contribution in [0.1, 0.15) is 17.3 Å². The number of nitrogens with one attached hydrogen (secondary N) is 1. The molecule has 1 rings (SSSR count). The van der Waals surface area contributed by atoms with Gasteiger partial charge in [-0.3, -0.25) is 4.79 Å². The van der Waals surface area contributed by atoms with Gasteiger partial charge in [-0.1, -0.05) is 6.07 Å². The van der Waals surface area contributed by atoms with E-state index in [0.717, 1.165) is 12.2 Å². The van der Waals surface area contributed by atoms with Gasteiger partial charge in [0.05, 0.1) is 16.9 Å². The van der Waals surface area contributed by atoms with Gasteiger partial charge in [0.25, 0.3) is 5.91 Å². The molecule has 0 spiro atoms. The predicted octanol–water partition coefficient (Wildman–Crippen LogP) is 0.730. The molecule has 1 aromatic rings. The zero-order valence-corrected chi connectivity index (χ0v) is 10.5. The number of nitrogen functional groups attached to an aromatic ring is 1. The summed E-state index contributed by atoms with van der Waals surface area (Å²) in [6.45, 7) is 2.93. The topological polar surface area (TPSA) is 84.4 Å². The molecule has 17 heavy (non-hydrogen) atoms. The number of benzene rings is 1. The van der Waals surface area contributed by atoms with Gasteiger partial charge in [-0.2, -0.15) is 0 Å². The Kier molecular flexibility index (Phi) is 4.34. The van der Waals surface area contributed by atoms with Gasteiger partial charge >= 0.3 is 0 Å². The maximum Gasteiger partial charge on any atom is 0.250 e. The highest BCUT2D eigenvalue weighted by atomic mass is 16.1. The fraction of sp³-hybridized carbons (Fsp3) is 0.417. The van der Waals surface area contributed by atoms with Gasteiger partial charge in [0.15, 0.2) is 0 Å². The monoisotopic (exact) mass is 236 g/mol. The number of para-hydroxylation sites is 1. The van der Waals surface area contributed by atoms with Crippen LogP contribution >= 0.6 is 0 Å². The van der Waals surface area contributed by atoms with Crippen molar-refractivity contribution in [3.05, 3.63) is 23.8 Å². The predicted molar refractivity (Wildman–Crippen MR) is 71.0 cm³/mol. The van der Waals surface area contributed by atoms with Crippen LogP contribution in [-0.4, -0.2) is 37.5 Å². The molecule has 0 aromatic heterocycles. The molecule has 5 heteroatoms. The molecular weight excluding hydrogens is 216 g/mol. The van der Waals surface area contributed by atoms with E-state index in [-0.39, 0.29) is 6.04 Å². The standard InChI is InChI=1S/C12H20N4O/c1-8(7-16(2)3)15-10-6-4-5-9(11(10)13)12(14)17/h4-6,8,15H,7,13H2,1-3H3,(H2,14,17). The first-order valence-corrected chi connectivity index (χ1v) is 5.51. The first kappa shape index (κ1) is 13.3. The van der Waals surface area contributed by atoms with Crippen molar-refractivity contribution in [1.29, 1.82) is 0 Å². The number of anilines is 2. The third-order valence-corrected chi connectivity index (χ3v) is 2.41. The lowest BCUT2D eigenvalue weighted by Crippen LogP contribution is -2.30. The van der Waals surface area contributed by atoms with E-state index in [1.165, 1.54) is 0 Å². The molecule has 0 bridgehead atoms. The summed E-state index contributed by atoms with van der Waals surface area (Å²) in [5.41, 5.74) is 12.6. The summed E-state index contributed by atoms with van der Waals surface area (Å²) in [6, 6.07) is 5.46. The molecule has 0 saturated heterocycles. The second kappa shape index (κ2) is 5.54. The lowest BCUT2D eigenvalue weighted by molar-refractivity contribution is 0.100. The maximum absolute atomic E-state index is 11.1. The number of hydrogen-bond acceptors (Lipinski definition) is 4. The van der Waals surface area contributed by atoms with Crippen LogP contribution < -0.4 is 16.8 Å². The zero-order valence-electron chi connectivity index (χ0n) is 10.5. The van der Waals surface area contributed by atoms with E-state index in [4.69, 9.17) is 11.5 Å². The van der Waals surface area contributed by atoms with E-state index in [9.17, 15) is 4.79 Å². The van der Waals surface area contributed by atoms with E-state index in [1.54, 1.807) is 12.1 Å². The molecule has 0 radical (unpaired) electrons. The second-order valence-electron chi connectivity index (χ2n) is 4.44. The van der Waals surface area contributed by atoms with Crippen LogP contribution in [-0.2, 0) is 0 Å². The fourth-order valence-electron chi connectivity index (χ4n) is 1.76. The molecule has 0 aliphatic rings. The third-order valence-electron chi connectivity index (χ3n) is 2.41. The molecule has 0 fully saturated rings. The van der Waals surface area contributed by atoms with Crippen molar-refractivity contribution in [2.45, 2.75) is 13.0 Å². The van der Waals surface area contributed by atoms with Gasteiger partial charge in [-0.05, 0) is 33.2 Å². The summed E-state index contributed by atoms with van der Waals surface area (Å²) in [4.78, 5) is 13.2. The molecule has 0 heterocycles. The molecule has 5 nitrogen and oxygen atoms in total. The van der Waals surface area contributed by atoms with Crippen LogP contribution in [0.2, 0.25) is 0 Å². The molecule has 94 valence electrons. The second-order valence-corrected chi connectivity index (χ2v) is 4.44. The van der Waals surface area contributed by atoms with Gasteiger partial charge in [-0.25, -0.2) is 0 Å². The minimum Gasteiger partial charge on any atom is -0.396 e. The molecule has 0 aliphatic carbocycles. The SMILES string of the molecule is CC(CN(C)C)Nc1cccc(C(N)=O)c1N. The minimum atomic E-state index is -0.508. The number of nitrogens with two attached hydrogens (primary N) is 2. The Labute approximate surface area is 102 Å². The van der Waals surface area contributed by atoms with E-state index < -0.39 is 5.91 Å². The van der Waals surface area contributed by atoms with Crippen LogP contribution in [0.4, 0.5) is 11.4 Å². The van der Waals surface area contributed by atoms with Crippen LogP contribution in [0.3, 0.4) is 0 Å². The van der Waals surface area contributed by atoms with Crippen molar-refractivity contribution in [3.8, 4) is 0 Å². The van der Waals surface area contributed by atoms with Crippen LogP contribution in [0.25, 0.3) is 0 Å². The Hall–Kier alpha value is -1.75. The first-order chi connectivity index (χ1) is 7.91. The van der Waals surface area contributed by atoms with Crippen LogP contribution in [0.15, 0.2) is 18.2 Å². The maximum atomic E-state index is 11.1. The van der Waals surface area contributed by atoms with E-state index in [0.29, 0.717) is 11.3 Å². The lowest BCUT2D eigenvalue weighted by atomic mass is 10.1.